The molecule has 0 aromatic heterocycles. The molecule has 0 heterocycles. The molecule has 5 nitrogen and oxygen atoms in total. The Morgan fingerprint density at radius 3 is 1.80 bits per heavy atom. The van der Waals surface area contributed by atoms with Gasteiger partial charge in [0.25, 0.3) is 10.1 Å². The zero-order chi connectivity index (χ0) is 7.91. The summed E-state index contributed by atoms with van der Waals surface area (Å²) in [6.07, 6.45) is 0. The van der Waals surface area contributed by atoms with Crippen LogP contribution in [0.5, 0.6) is 0 Å². The maximum absolute atomic E-state index is 9.71. The van der Waals surface area contributed by atoms with E-state index >= 15 is 0 Å². The van der Waals surface area contributed by atoms with Gasteiger partial charge in [0.15, 0.2) is 0 Å². The fourth-order valence-corrected chi connectivity index (χ4v) is 0.447. The van der Waals surface area contributed by atoms with E-state index < -0.39 is 10.1 Å². The van der Waals surface area contributed by atoms with Crippen LogP contribution < -0.4 is 40.5 Å². The van der Waals surface area contributed by atoms with Gasteiger partial charge < -0.3 is 7.16 Å². The minimum absolute atomic E-state index is 0. The van der Waals surface area contributed by atoms with Crippen molar-refractivity contribution in [2.24, 2.45) is 11.0 Å². The van der Waals surface area contributed by atoms with E-state index in [4.69, 9.17) is 10.3 Å². The summed E-state index contributed by atoms with van der Waals surface area (Å²) in [5, 5.41) is 3.97. The molecular formula is C2H10ClN2NaO3S. The second-order valence-corrected chi connectivity index (χ2v) is 2.65. The molecular weight excluding hydrogens is 191 g/mol. The first-order chi connectivity index (χ1) is 4.06. The Balaban J connectivity index is -0.0000000564. The van der Waals surface area contributed by atoms with Gasteiger partial charge in [0.05, 0.1) is 5.75 Å². The molecule has 0 aliphatic carbocycles. The van der Waals surface area contributed by atoms with Crippen molar-refractivity contribution in [1.82, 2.24) is 0 Å². The van der Waals surface area contributed by atoms with Crippen molar-refractivity contribution in [2.45, 2.75) is 0 Å². The summed E-state index contributed by atoms with van der Waals surface area (Å²) in [4.78, 5) is 0. The van der Waals surface area contributed by atoms with Crippen LogP contribution in [0.1, 0.15) is 1.43 Å². The first-order valence-corrected chi connectivity index (χ1v) is 3.98. The van der Waals surface area contributed by atoms with Crippen LogP contribution in [0, 0.1) is 0 Å². The minimum atomic E-state index is -3.80. The van der Waals surface area contributed by atoms with Crippen molar-refractivity contribution in [3.63, 3.8) is 0 Å². The van der Waals surface area contributed by atoms with E-state index in [9.17, 15) is 8.42 Å². The Morgan fingerprint density at radius 1 is 1.50 bits per heavy atom. The van der Waals surface area contributed by atoms with Crippen LogP contribution in [-0.4, -0.2) is 25.3 Å². The Morgan fingerprint density at radius 2 is 1.80 bits per heavy atom. The van der Waals surface area contributed by atoms with Crippen molar-refractivity contribution in [3.05, 3.63) is 0 Å². The molecule has 0 aromatic rings. The Hall–Kier alpha value is 1.12. The number of hydrogen-bond donors (Lipinski definition) is 3. The van der Waals surface area contributed by atoms with E-state index in [-0.39, 0.29) is 43.3 Å². The molecule has 0 aromatic carbocycles. The molecule has 0 aliphatic heterocycles. The maximum atomic E-state index is 9.71. The number of nitrogens with two attached hydrogens (primary N) is 2. The van der Waals surface area contributed by atoms with Gasteiger partial charge in [0.2, 0.25) is 0 Å². The van der Waals surface area contributed by atoms with Crippen molar-refractivity contribution in [1.29, 1.82) is 0 Å². The molecule has 0 amide bonds. The molecule has 0 unspecified atom stereocenters. The largest absolute Gasteiger partial charge is 1.00 e. The summed E-state index contributed by atoms with van der Waals surface area (Å²) in [6.45, 7) is -0.0289. The molecule has 0 atom stereocenters. The number of rotatable bonds is 2. The van der Waals surface area contributed by atoms with Crippen molar-refractivity contribution in [3.8, 4) is 0 Å². The van der Waals surface area contributed by atoms with Gasteiger partial charge in [-0.1, -0.05) is 0 Å². The van der Waals surface area contributed by atoms with Gasteiger partial charge >= 0.3 is 29.6 Å². The Bertz CT molecular complexity index is 142. The smallest absolute Gasteiger partial charge is 1.00 e. The third kappa shape index (κ3) is 22.9. The molecule has 0 aliphatic rings. The van der Waals surface area contributed by atoms with Gasteiger partial charge in [-0.2, -0.15) is 8.42 Å². The average molecular weight is 201 g/mol. The zero-order valence-corrected chi connectivity index (χ0v) is 9.19. The van der Waals surface area contributed by atoms with E-state index in [2.05, 4.69) is 17.0 Å². The van der Waals surface area contributed by atoms with Crippen LogP contribution >= 0.6 is 11.8 Å². The molecule has 0 saturated carbocycles. The van der Waals surface area contributed by atoms with Crippen LogP contribution in [0.15, 0.2) is 0 Å². The van der Waals surface area contributed by atoms with Gasteiger partial charge in [0.1, 0.15) is 0 Å². The fourth-order valence-electron chi connectivity index (χ4n) is 0.149. The van der Waals surface area contributed by atoms with E-state index in [0.717, 1.165) is 0 Å². The molecule has 0 rings (SSSR count). The fraction of sp³-hybridized carbons (Fsp3) is 1.00. The molecule has 10 heavy (non-hydrogen) atoms. The third-order valence-corrected chi connectivity index (χ3v) is 1.13. The van der Waals surface area contributed by atoms with Gasteiger partial charge in [-0.25, -0.2) is 5.25 Å². The van der Waals surface area contributed by atoms with Crippen molar-refractivity contribution < 1.29 is 44.0 Å². The molecule has 0 fully saturated rings. The van der Waals surface area contributed by atoms with Crippen LogP contribution in [0.3, 0.4) is 0 Å². The number of halogens is 1. The molecule has 5 N–H and O–H groups in total. The van der Waals surface area contributed by atoms with Gasteiger partial charge in [0, 0.05) is 6.54 Å². The van der Waals surface area contributed by atoms with E-state index in [1.807, 2.05) is 0 Å². The van der Waals surface area contributed by atoms with Crippen LogP contribution in [0.25, 0.3) is 0 Å². The first kappa shape index (κ1) is 17.3. The van der Waals surface area contributed by atoms with Gasteiger partial charge in [-0.3, -0.25) is 4.55 Å². The molecule has 0 bridgehead atoms. The summed E-state index contributed by atoms with van der Waals surface area (Å²) in [5.41, 5.74) is 4.78. The van der Waals surface area contributed by atoms with E-state index in [1.165, 1.54) is 0 Å². The monoisotopic (exact) mass is 200 g/mol. The minimum Gasteiger partial charge on any atom is -1.00 e. The summed E-state index contributed by atoms with van der Waals surface area (Å²) in [6, 6.07) is 0. The Kier molecular flexibility index (Phi) is 17.5. The van der Waals surface area contributed by atoms with Crippen LogP contribution in [0.2, 0.25) is 0 Å². The summed E-state index contributed by atoms with van der Waals surface area (Å²) in [5.74, 6) is -0.354. The van der Waals surface area contributed by atoms with E-state index in [1.54, 1.807) is 0 Å². The second kappa shape index (κ2) is 10.1. The number of hydrogen-bond acceptors (Lipinski definition) is 4. The maximum Gasteiger partial charge on any atom is 1.00 e. The molecule has 0 spiro atoms. The Labute approximate surface area is 88.7 Å². The molecule has 60 valence electrons. The second-order valence-electron chi connectivity index (χ2n) is 1.07. The summed E-state index contributed by atoms with van der Waals surface area (Å²) in [7, 11) is -3.80. The zero-order valence-electron chi connectivity index (χ0n) is 6.62. The average Bonchev–Trinajstić information content (AvgIpc) is 1.69. The van der Waals surface area contributed by atoms with Crippen LogP contribution in [0.4, 0.5) is 0 Å². The normalized spacial score (nSPS) is 8.80. The predicted molar refractivity (Wildman–Crippen MR) is 36.6 cm³/mol. The van der Waals surface area contributed by atoms with Crippen molar-refractivity contribution in [2.75, 3.05) is 12.3 Å². The topological polar surface area (TPSA) is 106 Å². The molecule has 8 heteroatoms. The predicted octanol–water partition coefficient (Wildman–Crippen LogP) is -3.95. The third-order valence-electron chi connectivity index (χ3n) is 0.376. The molecule has 0 radical (unpaired) electrons. The quantitative estimate of drug-likeness (QED) is 0.240. The molecule has 0 saturated heterocycles. The van der Waals surface area contributed by atoms with Gasteiger partial charge in [-0.15, -0.1) is 0 Å². The van der Waals surface area contributed by atoms with Crippen molar-refractivity contribution >= 4 is 21.9 Å². The SMILES string of the molecule is NCCS(=O)(=O)O.NCl.[H-].[Na+]. The first-order valence-electron chi connectivity index (χ1n) is 1.93. The van der Waals surface area contributed by atoms with Gasteiger partial charge in [-0.05, 0) is 11.8 Å². The van der Waals surface area contributed by atoms with E-state index in [0.29, 0.717) is 0 Å². The standard InChI is InChI=1S/C2H7NO3S.ClH2N.Na.H/c3-1-2-7(4,5)6;1-2;;/h1-3H2,(H,4,5,6);2H2;;/q;;+1;-1. The summed E-state index contributed by atoms with van der Waals surface area (Å²) < 4.78 is 27.3. The van der Waals surface area contributed by atoms with Crippen LogP contribution in [-0.2, 0) is 10.1 Å². The summed E-state index contributed by atoms with van der Waals surface area (Å²) >= 11 is 4.14.